The lowest BCUT2D eigenvalue weighted by atomic mass is 10.0. The number of nitrogens with one attached hydrogen (secondary N) is 2. The first kappa shape index (κ1) is 30.4. The van der Waals surface area contributed by atoms with Gasteiger partial charge in [-0.05, 0) is 43.2 Å². The summed E-state index contributed by atoms with van der Waals surface area (Å²) in [6.45, 7) is 5.14. The number of anilines is 4. The van der Waals surface area contributed by atoms with Crippen LogP contribution < -0.4 is 25.0 Å². The monoisotopic (exact) mass is 647 g/mol. The topological polar surface area (TPSA) is 115 Å². The number of pyridine rings is 1. The average molecular weight is 649 g/mol. The van der Waals surface area contributed by atoms with Crippen LogP contribution in [0.25, 0.3) is 27.8 Å². The minimum atomic E-state index is -0.330. The smallest absolute Gasteiger partial charge is 0.247 e. The van der Waals surface area contributed by atoms with Crippen molar-refractivity contribution in [3.8, 4) is 22.6 Å². The van der Waals surface area contributed by atoms with Crippen LogP contribution in [0.5, 0.6) is 11.5 Å². The number of carbonyl (C=O) groups excluding carboxylic acids is 1. The largest absolute Gasteiger partial charge is 0.495 e. The predicted molar refractivity (Wildman–Crippen MR) is 178 cm³/mol. The second kappa shape index (κ2) is 12.8. The van der Waals surface area contributed by atoms with Crippen LogP contribution in [0.1, 0.15) is 12.8 Å². The van der Waals surface area contributed by atoms with Crippen LogP contribution in [-0.4, -0.2) is 65.8 Å². The zero-order chi connectivity index (χ0) is 31.7. The lowest BCUT2D eigenvalue weighted by Crippen LogP contribution is -2.32. The first-order chi connectivity index (χ1) is 21.9. The molecule has 2 N–H and O–H groups in total. The lowest BCUT2D eigenvalue weighted by molar-refractivity contribution is -0.111. The van der Waals surface area contributed by atoms with E-state index in [0.717, 1.165) is 25.1 Å². The number of amides is 1. The molecule has 3 aromatic heterocycles. The average Bonchev–Trinajstić information content (AvgIpc) is 3.73. The fourth-order valence-electron chi connectivity index (χ4n) is 5.71. The zero-order valence-electron chi connectivity index (χ0n) is 24.9. The Morgan fingerprint density at radius 1 is 1.07 bits per heavy atom. The first-order valence-corrected chi connectivity index (χ1v) is 15.0. The Balaban J connectivity index is 1.41. The van der Waals surface area contributed by atoms with Gasteiger partial charge < -0.3 is 29.7 Å². The van der Waals surface area contributed by atoms with Gasteiger partial charge in [-0.1, -0.05) is 29.8 Å². The van der Waals surface area contributed by atoms with E-state index in [1.165, 1.54) is 20.3 Å². The molecule has 1 amide bonds. The van der Waals surface area contributed by atoms with Crippen molar-refractivity contribution in [2.75, 3.05) is 50.0 Å². The van der Waals surface area contributed by atoms with Crippen LogP contribution >= 0.6 is 23.2 Å². The van der Waals surface area contributed by atoms with Crippen LogP contribution in [0.3, 0.4) is 0 Å². The zero-order valence-corrected chi connectivity index (χ0v) is 26.4. The maximum absolute atomic E-state index is 12.4. The molecule has 0 unspecified atom stereocenters. The van der Waals surface area contributed by atoms with Crippen molar-refractivity contribution in [2.45, 2.75) is 18.9 Å². The Morgan fingerprint density at radius 3 is 2.56 bits per heavy atom. The van der Waals surface area contributed by atoms with Crippen LogP contribution in [0, 0.1) is 0 Å². The van der Waals surface area contributed by atoms with Gasteiger partial charge in [0.25, 0.3) is 0 Å². The van der Waals surface area contributed by atoms with Crippen molar-refractivity contribution in [3.63, 3.8) is 0 Å². The van der Waals surface area contributed by atoms with Gasteiger partial charge in [0, 0.05) is 60.5 Å². The van der Waals surface area contributed by atoms with E-state index in [1.54, 1.807) is 31.8 Å². The molecule has 5 aromatic rings. The predicted octanol–water partition coefficient (Wildman–Crippen LogP) is 6.75. The van der Waals surface area contributed by atoms with Crippen LogP contribution in [0.2, 0.25) is 10.0 Å². The summed E-state index contributed by atoms with van der Waals surface area (Å²) in [5.41, 5.74) is 4.52. The third kappa shape index (κ3) is 5.70. The molecule has 1 aliphatic heterocycles. The number of imidazole rings is 1. The second-order valence-corrected chi connectivity index (χ2v) is 11.2. The summed E-state index contributed by atoms with van der Waals surface area (Å²) in [5.74, 6) is 0.823. The van der Waals surface area contributed by atoms with Gasteiger partial charge in [-0.15, -0.1) is 0 Å². The summed E-state index contributed by atoms with van der Waals surface area (Å²) < 4.78 is 18.2. The molecule has 1 fully saturated rings. The molecular formula is C32H31Cl2N7O4. The molecule has 13 heteroatoms. The van der Waals surface area contributed by atoms with Crippen molar-refractivity contribution in [1.82, 2.24) is 19.4 Å². The molecule has 6 rings (SSSR count). The molecule has 0 saturated carbocycles. The molecule has 45 heavy (non-hydrogen) atoms. The normalized spacial score (nSPS) is 14.6. The standard InChI is InChI=1S/C32H31Cl2N7O4/c1-5-26(42)37-23-14-19(40-11-6-7-20(40)17-43-2)8-9-22(23)38-32-36-16-18-13-21(31-35-10-12-41(31)30(18)39-32)27-28(33)24(44-3)15-25(45-4)29(27)34/h5,8-10,12-16,20H,1,6-7,11,17H2,2-4H3,(H,37,42)(H,36,38,39)/t20-/m0/s1. The highest BCUT2D eigenvalue weighted by Crippen LogP contribution is 2.47. The molecule has 2 aromatic carbocycles. The molecule has 1 atom stereocenters. The van der Waals surface area contributed by atoms with E-state index in [4.69, 9.17) is 42.4 Å². The fourth-order valence-corrected chi connectivity index (χ4v) is 6.41. The van der Waals surface area contributed by atoms with Crippen molar-refractivity contribution in [1.29, 1.82) is 0 Å². The van der Waals surface area contributed by atoms with Crippen molar-refractivity contribution < 1.29 is 19.0 Å². The van der Waals surface area contributed by atoms with Crippen LogP contribution in [0.15, 0.2) is 61.6 Å². The van der Waals surface area contributed by atoms with Gasteiger partial charge >= 0.3 is 0 Å². The van der Waals surface area contributed by atoms with E-state index in [9.17, 15) is 4.79 Å². The summed E-state index contributed by atoms with van der Waals surface area (Å²) in [5, 5.41) is 7.55. The number of rotatable bonds is 10. The van der Waals surface area contributed by atoms with Gasteiger partial charge in [0.2, 0.25) is 11.9 Å². The summed E-state index contributed by atoms with van der Waals surface area (Å²) in [7, 11) is 4.76. The number of carbonyl (C=O) groups is 1. The Kier molecular flexibility index (Phi) is 8.66. The molecule has 0 radical (unpaired) electrons. The first-order valence-electron chi connectivity index (χ1n) is 14.2. The number of hydrogen-bond donors (Lipinski definition) is 2. The number of ether oxygens (including phenoxy) is 3. The highest BCUT2D eigenvalue weighted by atomic mass is 35.5. The van der Waals surface area contributed by atoms with Crippen molar-refractivity contribution in [2.24, 2.45) is 0 Å². The van der Waals surface area contributed by atoms with Gasteiger partial charge in [0.1, 0.15) is 17.1 Å². The molecule has 0 aliphatic carbocycles. The highest BCUT2D eigenvalue weighted by Gasteiger charge is 2.26. The Labute approximate surface area is 269 Å². The molecule has 0 bridgehead atoms. The number of halogens is 2. The van der Waals surface area contributed by atoms with E-state index in [1.807, 2.05) is 28.7 Å². The van der Waals surface area contributed by atoms with E-state index in [0.29, 0.717) is 73.3 Å². The van der Waals surface area contributed by atoms with E-state index in [2.05, 4.69) is 32.1 Å². The van der Waals surface area contributed by atoms with E-state index in [-0.39, 0.29) is 11.9 Å². The molecule has 4 heterocycles. The molecule has 11 nitrogen and oxygen atoms in total. The van der Waals surface area contributed by atoms with Gasteiger partial charge in [-0.25, -0.2) is 9.97 Å². The van der Waals surface area contributed by atoms with E-state index < -0.39 is 0 Å². The Morgan fingerprint density at radius 2 is 1.84 bits per heavy atom. The Bertz CT molecular complexity index is 1900. The van der Waals surface area contributed by atoms with Crippen molar-refractivity contribution in [3.05, 3.63) is 71.6 Å². The van der Waals surface area contributed by atoms with Crippen LogP contribution in [-0.2, 0) is 9.53 Å². The molecule has 1 saturated heterocycles. The molecule has 232 valence electrons. The lowest BCUT2D eigenvalue weighted by Gasteiger charge is -2.27. The summed E-state index contributed by atoms with van der Waals surface area (Å²) in [4.78, 5) is 28.7. The quantitative estimate of drug-likeness (QED) is 0.159. The minimum absolute atomic E-state index is 0.269. The maximum Gasteiger partial charge on any atom is 0.247 e. The van der Waals surface area contributed by atoms with Gasteiger partial charge in [0.05, 0.1) is 48.3 Å². The third-order valence-corrected chi connectivity index (χ3v) is 8.56. The summed E-state index contributed by atoms with van der Waals surface area (Å²) in [6, 6.07) is 9.64. The number of fused-ring (bicyclic) bond motifs is 3. The molecular weight excluding hydrogens is 617 g/mol. The number of nitrogens with zero attached hydrogens (tertiary/aromatic N) is 5. The second-order valence-electron chi connectivity index (χ2n) is 10.4. The molecule has 0 spiro atoms. The number of methoxy groups -OCH3 is 3. The Hall–Kier alpha value is -4.58. The van der Waals surface area contributed by atoms with Gasteiger partial charge in [-0.3, -0.25) is 9.20 Å². The number of aromatic nitrogens is 4. The maximum atomic E-state index is 12.4. The molecule has 1 aliphatic rings. The van der Waals surface area contributed by atoms with Gasteiger partial charge in [0.15, 0.2) is 5.65 Å². The fraction of sp³-hybridized carbons (Fsp3) is 0.250. The van der Waals surface area contributed by atoms with Gasteiger partial charge in [-0.2, -0.15) is 4.98 Å². The summed E-state index contributed by atoms with van der Waals surface area (Å²) >= 11 is 13.5. The van der Waals surface area contributed by atoms with Crippen LogP contribution in [0.4, 0.5) is 23.0 Å². The van der Waals surface area contributed by atoms with Crippen molar-refractivity contribution >= 4 is 68.8 Å². The third-order valence-electron chi connectivity index (χ3n) is 7.81. The minimum Gasteiger partial charge on any atom is -0.495 e. The highest BCUT2D eigenvalue weighted by molar-refractivity contribution is 6.41. The number of hydrogen-bond acceptors (Lipinski definition) is 9. The number of benzene rings is 2. The summed E-state index contributed by atoms with van der Waals surface area (Å²) in [6.07, 6.45) is 8.51. The SMILES string of the molecule is C=CC(=O)Nc1cc(N2CCC[C@H]2COC)ccc1Nc1ncc2cc(-c3c(Cl)c(OC)cc(OC)c3Cl)c3nccn3c2n1. The van der Waals surface area contributed by atoms with E-state index >= 15 is 0 Å².